The fraction of sp³-hybridized carbons (Fsp3) is 0.238. The zero-order chi connectivity index (χ0) is 21.8. The Balaban J connectivity index is 1.70. The summed E-state index contributed by atoms with van der Waals surface area (Å²) in [6.45, 7) is 1.37. The van der Waals surface area contributed by atoms with Crippen LogP contribution >= 0.6 is 11.6 Å². The summed E-state index contributed by atoms with van der Waals surface area (Å²) in [5.74, 6) is 0.931. The van der Waals surface area contributed by atoms with E-state index in [0.29, 0.717) is 58.6 Å². The quantitative estimate of drug-likeness (QED) is 0.385. The van der Waals surface area contributed by atoms with Crippen LogP contribution in [0.15, 0.2) is 42.6 Å². The largest absolute Gasteiger partial charge is 0.395 e. The van der Waals surface area contributed by atoms with Gasteiger partial charge in [0, 0.05) is 36.8 Å². The highest BCUT2D eigenvalue weighted by atomic mass is 35.5. The second-order valence-electron chi connectivity index (χ2n) is 7.07. The molecule has 1 aromatic carbocycles. The summed E-state index contributed by atoms with van der Waals surface area (Å²) in [5, 5.41) is 20.3. The van der Waals surface area contributed by atoms with Gasteiger partial charge in [0.1, 0.15) is 11.6 Å². The lowest BCUT2D eigenvalue weighted by Gasteiger charge is -2.15. The molecule has 3 N–H and O–H groups in total. The van der Waals surface area contributed by atoms with E-state index < -0.39 is 5.82 Å². The van der Waals surface area contributed by atoms with Gasteiger partial charge in [-0.25, -0.2) is 19.3 Å². The number of aliphatic hydroxyl groups excluding tert-OH is 1. The Labute approximate surface area is 183 Å². The second kappa shape index (κ2) is 9.34. The zero-order valence-corrected chi connectivity index (χ0v) is 17.6. The first-order valence-corrected chi connectivity index (χ1v) is 10.1. The maximum Gasteiger partial charge on any atom is 0.163 e. The second-order valence-corrected chi connectivity index (χ2v) is 7.48. The molecule has 0 aliphatic rings. The number of nitrogens with one attached hydrogen (secondary N) is 2. The molecule has 4 aromatic rings. The fourth-order valence-electron chi connectivity index (χ4n) is 3.14. The van der Waals surface area contributed by atoms with Crippen molar-refractivity contribution in [2.45, 2.75) is 6.42 Å². The van der Waals surface area contributed by atoms with E-state index >= 15 is 0 Å². The summed E-state index contributed by atoms with van der Waals surface area (Å²) in [4.78, 5) is 15.3. The van der Waals surface area contributed by atoms with E-state index in [1.807, 2.05) is 36.2 Å². The van der Waals surface area contributed by atoms with Crippen molar-refractivity contribution < 1.29 is 9.50 Å². The molecule has 31 heavy (non-hydrogen) atoms. The van der Waals surface area contributed by atoms with Crippen molar-refractivity contribution in [2.24, 2.45) is 0 Å². The molecule has 0 saturated carbocycles. The van der Waals surface area contributed by atoms with E-state index in [0.717, 1.165) is 11.9 Å². The summed E-state index contributed by atoms with van der Waals surface area (Å²) < 4.78 is 13.7. The van der Waals surface area contributed by atoms with Gasteiger partial charge < -0.3 is 15.3 Å². The molecule has 160 valence electrons. The fourth-order valence-corrected chi connectivity index (χ4v) is 3.36. The minimum absolute atomic E-state index is 0.0920. The molecule has 0 fully saturated rings. The van der Waals surface area contributed by atoms with Gasteiger partial charge in [-0.2, -0.15) is 5.10 Å². The van der Waals surface area contributed by atoms with Crippen LogP contribution in [0.3, 0.4) is 0 Å². The van der Waals surface area contributed by atoms with Crippen molar-refractivity contribution in [3.63, 3.8) is 0 Å². The van der Waals surface area contributed by atoms with E-state index in [-0.39, 0.29) is 6.61 Å². The first-order chi connectivity index (χ1) is 15.0. The van der Waals surface area contributed by atoms with Gasteiger partial charge in [0.25, 0.3) is 0 Å². The number of aromatic amines is 1. The number of anilines is 2. The average molecular weight is 442 g/mol. The predicted molar refractivity (Wildman–Crippen MR) is 118 cm³/mol. The summed E-state index contributed by atoms with van der Waals surface area (Å²) >= 11 is 6.37. The van der Waals surface area contributed by atoms with Gasteiger partial charge in [0.05, 0.1) is 23.2 Å². The molecule has 3 aromatic heterocycles. The topological polar surface area (TPSA) is 103 Å². The molecular weight excluding hydrogens is 421 g/mol. The standard InChI is InChI=1S/C21H21ClFN7O/c1-30(8-9-31)7-6-14-11-18(26-20(25-14)15-4-2-3-5-17(15)22)27-21-16-10-13(23)12-24-19(16)28-29-21/h2-5,10-12,31H,6-9H2,1H3,(H2,24,25,26,27,28,29). The first-order valence-electron chi connectivity index (χ1n) is 9.72. The molecule has 4 rings (SSSR count). The van der Waals surface area contributed by atoms with Gasteiger partial charge in [0.2, 0.25) is 0 Å². The number of benzene rings is 1. The van der Waals surface area contributed by atoms with Crippen LogP contribution in [-0.4, -0.2) is 61.9 Å². The van der Waals surface area contributed by atoms with Crippen molar-refractivity contribution in [3.05, 3.63) is 59.1 Å². The lowest BCUT2D eigenvalue weighted by atomic mass is 10.2. The van der Waals surface area contributed by atoms with Crippen molar-refractivity contribution in [1.29, 1.82) is 0 Å². The van der Waals surface area contributed by atoms with Gasteiger partial charge in [-0.3, -0.25) is 5.10 Å². The van der Waals surface area contributed by atoms with Gasteiger partial charge >= 0.3 is 0 Å². The number of rotatable bonds is 8. The average Bonchev–Trinajstić information content (AvgIpc) is 3.14. The molecule has 0 spiro atoms. The Morgan fingerprint density at radius 1 is 1.19 bits per heavy atom. The van der Waals surface area contributed by atoms with Gasteiger partial charge in [-0.1, -0.05) is 23.7 Å². The number of H-pyrrole nitrogens is 1. The van der Waals surface area contributed by atoms with Gasteiger partial charge in [-0.15, -0.1) is 0 Å². The van der Waals surface area contributed by atoms with E-state index in [1.165, 1.54) is 6.07 Å². The summed E-state index contributed by atoms with van der Waals surface area (Å²) in [6.07, 6.45) is 1.77. The number of aliphatic hydroxyl groups is 1. The van der Waals surface area contributed by atoms with E-state index in [9.17, 15) is 4.39 Å². The molecular formula is C21H21ClFN7O. The Morgan fingerprint density at radius 3 is 2.84 bits per heavy atom. The van der Waals surface area contributed by atoms with E-state index in [2.05, 4.69) is 30.5 Å². The molecule has 8 nitrogen and oxygen atoms in total. The first kappa shape index (κ1) is 21.1. The Kier molecular flexibility index (Phi) is 6.36. The van der Waals surface area contributed by atoms with E-state index in [4.69, 9.17) is 16.7 Å². The molecule has 0 aliphatic heterocycles. The number of halogens is 2. The van der Waals surface area contributed by atoms with Crippen molar-refractivity contribution in [1.82, 2.24) is 30.0 Å². The summed E-state index contributed by atoms with van der Waals surface area (Å²) in [6, 6.07) is 10.5. The molecule has 0 unspecified atom stereocenters. The normalized spacial score (nSPS) is 11.4. The van der Waals surface area contributed by atoms with Crippen LogP contribution in [0.5, 0.6) is 0 Å². The molecule has 0 atom stereocenters. The van der Waals surface area contributed by atoms with Crippen LogP contribution in [0.1, 0.15) is 5.69 Å². The molecule has 10 heteroatoms. The lowest BCUT2D eigenvalue weighted by Crippen LogP contribution is -2.24. The number of pyridine rings is 1. The van der Waals surface area contributed by atoms with Crippen LogP contribution in [0.2, 0.25) is 5.02 Å². The van der Waals surface area contributed by atoms with Gasteiger partial charge in [-0.05, 0) is 25.2 Å². The molecule has 3 heterocycles. The zero-order valence-electron chi connectivity index (χ0n) is 16.8. The number of hydrogen-bond donors (Lipinski definition) is 3. The number of aromatic nitrogens is 5. The number of likely N-dealkylation sites (N-methyl/N-ethyl adjacent to an activating group) is 1. The minimum atomic E-state index is -0.455. The highest BCUT2D eigenvalue weighted by Crippen LogP contribution is 2.28. The predicted octanol–water partition coefficient (Wildman–Crippen LogP) is 3.42. The van der Waals surface area contributed by atoms with Crippen LogP contribution in [0.25, 0.3) is 22.4 Å². The minimum Gasteiger partial charge on any atom is -0.395 e. The smallest absolute Gasteiger partial charge is 0.163 e. The molecule has 0 bridgehead atoms. The van der Waals surface area contributed by atoms with Crippen molar-refractivity contribution in [3.8, 4) is 11.4 Å². The number of hydrogen-bond acceptors (Lipinski definition) is 7. The third-order valence-electron chi connectivity index (χ3n) is 4.75. The molecule has 0 amide bonds. The Hall–Kier alpha value is -3.14. The maximum atomic E-state index is 13.7. The molecule has 0 radical (unpaired) electrons. The van der Waals surface area contributed by atoms with Crippen molar-refractivity contribution in [2.75, 3.05) is 32.1 Å². The maximum absolute atomic E-state index is 13.7. The SMILES string of the molecule is CN(CCO)CCc1cc(Nc2n[nH]c3ncc(F)cc23)nc(-c2ccccc2Cl)n1. The number of nitrogens with zero attached hydrogens (tertiary/aromatic N) is 5. The summed E-state index contributed by atoms with van der Waals surface area (Å²) in [7, 11) is 1.93. The van der Waals surface area contributed by atoms with Crippen LogP contribution in [0.4, 0.5) is 16.0 Å². The highest BCUT2D eigenvalue weighted by molar-refractivity contribution is 6.33. The Bertz CT molecular complexity index is 1200. The van der Waals surface area contributed by atoms with Crippen molar-refractivity contribution >= 4 is 34.3 Å². The van der Waals surface area contributed by atoms with Crippen LogP contribution in [0, 0.1) is 5.82 Å². The van der Waals surface area contributed by atoms with Gasteiger partial charge in [0.15, 0.2) is 17.3 Å². The van der Waals surface area contributed by atoms with Crippen LogP contribution < -0.4 is 5.32 Å². The third kappa shape index (κ3) is 4.96. The summed E-state index contributed by atoms with van der Waals surface area (Å²) in [5.41, 5.74) is 1.97. The Morgan fingerprint density at radius 2 is 2.03 bits per heavy atom. The molecule has 0 aliphatic carbocycles. The lowest BCUT2D eigenvalue weighted by molar-refractivity contribution is 0.222. The monoisotopic (exact) mass is 441 g/mol. The van der Waals surface area contributed by atoms with E-state index in [1.54, 1.807) is 6.07 Å². The highest BCUT2D eigenvalue weighted by Gasteiger charge is 2.14. The third-order valence-corrected chi connectivity index (χ3v) is 5.08. The molecule has 0 saturated heterocycles. The van der Waals surface area contributed by atoms with Crippen LogP contribution in [-0.2, 0) is 6.42 Å². The number of fused-ring (bicyclic) bond motifs is 1.